The van der Waals surface area contributed by atoms with Crippen molar-refractivity contribution in [1.82, 2.24) is 0 Å². The highest BCUT2D eigenvalue weighted by Crippen LogP contribution is 2.34. The van der Waals surface area contributed by atoms with Crippen molar-refractivity contribution in [3.05, 3.63) is 34.9 Å². The summed E-state index contributed by atoms with van der Waals surface area (Å²) >= 11 is 0. The van der Waals surface area contributed by atoms with Crippen LogP contribution in [0.2, 0.25) is 0 Å². The Kier molecular flexibility index (Phi) is 2.15. The molecule has 1 aliphatic rings. The van der Waals surface area contributed by atoms with Crippen LogP contribution in [0.4, 0.5) is 0 Å². The first-order chi connectivity index (χ1) is 6.74. The Morgan fingerprint density at radius 2 is 2.36 bits per heavy atom. The number of hydrogen-bond acceptors (Lipinski definition) is 2. The zero-order valence-corrected chi connectivity index (χ0v) is 8.20. The summed E-state index contributed by atoms with van der Waals surface area (Å²) in [6, 6.07) is 6.00. The maximum absolute atomic E-state index is 8.65. The summed E-state index contributed by atoms with van der Waals surface area (Å²) < 4.78 is 0. The van der Waals surface area contributed by atoms with E-state index in [-0.39, 0.29) is 5.84 Å². The van der Waals surface area contributed by atoms with Crippen molar-refractivity contribution in [3.8, 4) is 0 Å². The number of nitrogens with two attached hydrogens (primary N) is 1. The van der Waals surface area contributed by atoms with Crippen molar-refractivity contribution in [2.75, 3.05) is 0 Å². The first-order valence-electron chi connectivity index (χ1n) is 4.83. The third-order valence-electron chi connectivity index (χ3n) is 2.95. The molecular weight excluding hydrogens is 176 g/mol. The lowest BCUT2D eigenvalue weighted by Crippen LogP contribution is -2.15. The zero-order chi connectivity index (χ0) is 10.1. The van der Waals surface area contributed by atoms with Crippen LogP contribution in [0.25, 0.3) is 0 Å². The summed E-state index contributed by atoms with van der Waals surface area (Å²) in [7, 11) is 0. The monoisotopic (exact) mass is 190 g/mol. The van der Waals surface area contributed by atoms with Crippen LogP contribution < -0.4 is 5.73 Å². The fourth-order valence-electron chi connectivity index (χ4n) is 2.16. The maximum atomic E-state index is 8.65. The topological polar surface area (TPSA) is 58.6 Å². The van der Waals surface area contributed by atoms with Crippen molar-refractivity contribution >= 4 is 5.84 Å². The predicted molar refractivity (Wildman–Crippen MR) is 55.7 cm³/mol. The molecule has 0 aromatic heterocycles. The molecular formula is C11H14N2O. The molecule has 0 heterocycles. The van der Waals surface area contributed by atoms with Crippen molar-refractivity contribution < 1.29 is 5.21 Å². The van der Waals surface area contributed by atoms with E-state index in [0.717, 1.165) is 18.4 Å². The Hall–Kier alpha value is -1.51. The third-order valence-corrected chi connectivity index (χ3v) is 2.95. The second-order valence-electron chi connectivity index (χ2n) is 3.80. The van der Waals surface area contributed by atoms with Gasteiger partial charge in [-0.2, -0.15) is 0 Å². The standard InChI is InChI=1S/C11H14N2O/c1-7-5-6-9-8(7)3-2-4-10(9)11(12)13-14/h2-4,7,14H,5-6H2,1H3,(H2,12,13)/t7-/m0/s1. The highest BCUT2D eigenvalue weighted by atomic mass is 16.4. The van der Waals surface area contributed by atoms with Gasteiger partial charge in [0.05, 0.1) is 0 Å². The lowest BCUT2D eigenvalue weighted by Gasteiger charge is -2.07. The maximum Gasteiger partial charge on any atom is 0.170 e. The molecule has 3 nitrogen and oxygen atoms in total. The van der Waals surface area contributed by atoms with Gasteiger partial charge in [0, 0.05) is 5.56 Å². The van der Waals surface area contributed by atoms with E-state index in [4.69, 9.17) is 10.9 Å². The predicted octanol–water partition coefficient (Wildman–Crippen LogP) is 1.83. The average Bonchev–Trinajstić information content (AvgIpc) is 2.59. The Morgan fingerprint density at radius 3 is 3.07 bits per heavy atom. The van der Waals surface area contributed by atoms with E-state index in [1.165, 1.54) is 11.1 Å². The molecule has 2 rings (SSSR count). The van der Waals surface area contributed by atoms with Gasteiger partial charge in [-0.15, -0.1) is 0 Å². The first-order valence-corrected chi connectivity index (χ1v) is 4.83. The lowest BCUT2D eigenvalue weighted by molar-refractivity contribution is 0.318. The molecule has 0 amide bonds. The van der Waals surface area contributed by atoms with Crippen LogP contribution in [-0.2, 0) is 6.42 Å². The molecule has 0 bridgehead atoms. The van der Waals surface area contributed by atoms with Crippen molar-refractivity contribution in [2.24, 2.45) is 10.9 Å². The van der Waals surface area contributed by atoms with Gasteiger partial charge in [-0.1, -0.05) is 30.3 Å². The second-order valence-corrected chi connectivity index (χ2v) is 3.80. The zero-order valence-electron chi connectivity index (χ0n) is 8.20. The Morgan fingerprint density at radius 1 is 1.57 bits per heavy atom. The van der Waals surface area contributed by atoms with Gasteiger partial charge in [-0.3, -0.25) is 0 Å². The molecule has 14 heavy (non-hydrogen) atoms. The van der Waals surface area contributed by atoms with Gasteiger partial charge in [0.15, 0.2) is 5.84 Å². The van der Waals surface area contributed by atoms with Gasteiger partial charge >= 0.3 is 0 Å². The molecule has 0 fully saturated rings. The minimum Gasteiger partial charge on any atom is -0.409 e. The van der Waals surface area contributed by atoms with Gasteiger partial charge in [-0.25, -0.2) is 0 Å². The van der Waals surface area contributed by atoms with Crippen molar-refractivity contribution in [3.63, 3.8) is 0 Å². The van der Waals surface area contributed by atoms with Gasteiger partial charge in [0.25, 0.3) is 0 Å². The summed E-state index contributed by atoms with van der Waals surface area (Å²) in [4.78, 5) is 0. The van der Waals surface area contributed by atoms with Crippen LogP contribution >= 0.6 is 0 Å². The van der Waals surface area contributed by atoms with Crippen LogP contribution in [-0.4, -0.2) is 11.0 Å². The lowest BCUT2D eigenvalue weighted by atomic mass is 9.99. The number of rotatable bonds is 1. The number of nitrogens with zero attached hydrogens (tertiary/aromatic N) is 1. The molecule has 1 aliphatic carbocycles. The quantitative estimate of drug-likeness (QED) is 0.307. The third kappa shape index (κ3) is 1.25. The van der Waals surface area contributed by atoms with E-state index in [1.807, 2.05) is 12.1 Å². The van der Waals surface area contributed by atoms with Gasteiger partial charge in [0.2, 0.25) is 0 Å². The largest absolute Gasteiger partial charge is 0.409 e. The summed E-state index contributed by atoms with van der Waals surface area (Å²) in [5, 5.41) is 11.7. The number of hydrogen-bond donors (Lipinski definition) is 2. The van der Waals surface area contributed by atoms with Crippen LogP contribution in [0.15, 0.2) is 23.4 Å². The van der Waals surface area contributed by atoms with Crippen LogP contribution in [0, 0.1) is 0 Å². The van der Waals surface area contributed by atoms with Gasteiger partial charge < -0.3 is 10.9 Å². The molecule has 3 N–H and O–H groups in total. The van der Waals surface area contributed by atoms with E-state index in [2.05, 4.69) is 18.1 Å². The number of oxime groups is 1. The minimum atomic E-state index is 0.218. The fourth-order valence-corrected chi connectivity index (χ4v) is 2.16. The summed E-state index contributed by atoms with van der Waals surface area (Å²) in [6.45, 7) is 2.21. The molecule has 0 saturated heterocycles. The molecule has 0 saturated carbocycles. The minimum absolute atomic E-state index is 0.218. The smallest absolute Gasteiger partial charge is 0.170 e. The Labute approximate surface area is 83.2 Å². The van der Waals surface area contributed by atoms with E-state index < -0.39 is 0 Å². The molecule has 0 radical (unpaired) electrons. The number of benzene rings is 1. The average molecular weight is 190 g/mol. The SMILES string of the molecule is C[C@H]1CCc2c(C(N)=NO)cccc21. The highest BCUT2D eigenvalue weighted by Gasteiger charge is 2.21. The molecule has 0 unspecified atom stereocenters. The van der Waals surface area contributed by atoms with E-state index in [1.54, 1.807) is 0 Å². The summed E-state index contributed by atoms with van der Waals surface area (Å²) in [6.07, 6.45) is 2.19. The van der Waals surface area contributed by atoms with E-state index in [9.17, 15) is 0 Å². The molecule has 0 aliphatic heterocycles. The van der Waals surface area contributed by atoms with Crippen LogP contribution in [0.3, 0.4) is 0 Å². The summed E-state index contributed by atoms with van der Waals surface area (Å²) in [5.41, 5.74) is 9.08. The fraction of sp³-hybridized carbons (Fsp3) is 0.364. The molecule has 1 aromatic carbocycles. The first kappa shape index (κ1) is 9.06. The van der Waals surface area contributed by atoms with Crippen molar-refractivity contribution in [1.29, 1.82) is 0 Å². The van der Waals surface area contributed by atoms with E-state index >= 15 is 0 Å². The highest BCUT2D eigenvalue weighted by molar-refractivity contribution is 5.98. The Balaban J connectivity index is 2.54. The van der Waals surface area contributed by atoms with Gasteiger partial charge in [0.1, 0.15) is 0 Å². The molecule has 1 aromatic rings. The van der Waals surface area contributed by atoms with Crippen LogP contribution in [0.5, 0.6) is 0 Å². The normalized spacial score (nSPS) is 20.9. The number of amidine groups is 1. The molecule has 1 atom stereocenters. The molecule has 74 valence electrons. The summed E-state index contributed by atoms with van der Waals surface area (Å²) in [5.74, 6) is 0.812. The number of fused-ring (bicyclic) bond motifs is 1. The van der Waals surface area contributed by atoms with Crippen molar-refractivity contribution in [2.45, 2.75) is 25.7 Å². The van der Waals surface area contributed by atoms with E-state index in [0.29, 0.717) is 5.92 Å². The molecule has 3 heteroatoms. The molecule has 0 spiro atoms. The van der Waals surface area contributed by atoms with Gasteiger partial charge in [-0.05, 0) is 29.9 Å². The van der Waals surface area contributed by atoms with Crippen LogP contribution in [0.1, 0.15) is 36.0 Å². The Bertz CT molecular complexity index is 385. The second kappa shape index (κ2) is 3.33.